The number of ketones is 1. The number of carbonyl (C=O) groups is 3. The van der Waals surface area contributed by atoms with Crippen LogP contribution in [0, 0.1) is 0 Å². The van der Waals surface area contributed by atoms with E-state index in [0.717, 1.165) is 23.1 Å². The molecule has 0 radical (unpaired) electrons. The number of aromatic nitrogens is 1. The van der Waals surface area contributed by atoms with Gasteiger partial charge in [-0.15, -0.1) is 0 Å². The summed E-state index contributed by atoms with van der Waals surface area (Å²) in [5.41, 5.74) is 8.97. The fraction of sp³-hybridized carbons (Fsp3) is 0.318. The molecule has 1 atom stereocenters. The maximum Gasteiger partial charge on any atom is 0.243 e. The first kappa shape index (κ1) is 20.4. The summed E-state index contributed by atoms with van der Waals surface area (Å²) in [5, 5.41) is 2.93. The Kier molecular flexibility index (Phi) is 6.49. The average Bonchev–Trinajstić information content (AvgIpc) is 3.37. The number of likely N-dealkylation sites (tertiary alicyclic amines) is 1. The molecule has 2 amide bonds. The molecular formula is C22H26N4O3. The molecule has 0 spiro atoms. The van der Waals surface area contributed by atoms with Gasteiger partial charge in [0.1, 0.15) is 6.04 Å². The summed E-state index contributed by atoms with van der Waals surface area (Å²) in [6, 6.07) is 9.40. The van der Waals surface area contributed by atoms with Gasteiger partial charge in [0.15, 0.2) is 5.78 Å². The van der Waals surface area contributed by atoms with Crippen molar-refractivity contribution in [3.05, 3.63) is 60.1 Å². The maximum atomic E-state index is 12.7. The molecule has 7 heteroatoms. The molecule has 2 aromatic rings. The van der Waals surface area contributed by atoms with Gasteiger partial charge in [0.05, 0.1) is 6.42 Å². The topological polar surface area (TPSA) is 108 Å². The Morgan fingerprint density at radius 1 is 1.28 bits per heavy atom. The normalized spacial score (nSPS) is 16.7. The fourth-order valence-corrected chi connectivity index (χ4v) is 3.56. The van der Waals surface area contributed by atoms with Gasteiger partial charge in [0.2, 0.25) is 11.8 Å². The first-order valence-corrected chi connectivity index (χ1v) is 9.70. The van der Waals surface area contributed by atoms with Crippen LogP contribution in [0.25, 0.3) is 11.1 Å². The minimum Gasteiger partial charge on any atom is -0.402 e. The van der Waals surface area contributed by atoms with E-state index in [1.54, 1.807) is 6.92 Å². The summed E-state index contributed by atoms with van der Waals surface area (Å²) < 4.78 is 0. The van der Waals surface area contributed by atoms with Crippen molar-refractivity contribution >= 4 is 17.6 Å². The lowest BCUT2D eigenvalue weighted by Crippen LogP contribution is -2.46. The number of rotatable bonds is 7. The number of benzene rings is 1. The molecule has 1 aromatic carbocycles. The fourth-order valence-electron chi connectivity index (χ4n) is 3.56. The van der Waals surface area contributed by atoms with Crippen molar-refractivity contribution in [1.29, 1.82) is 0 Å². The molecule has 1 saturated heterocycles. The van der Waals surface area contributed by atoms with E-state index in [2.05, 4.69) is 10.3 Å². The number of aromatic amines is 1. The van der Waals surface area contributed by atoms with E-state index in [4.69, 9.17) is 5.73 Å². The third-order valence-corrected chi connectivity index (χ3v) is 4.91. The van der Waals surface area contributed by atoms with Gasteiger partial charge in [-0.2, -0.15) is 0 Å². The number of hydrogen-bond acceptors (Lipinski definition) is 4. The molecule has 3 rings (SSSR count). The number of carbonyl (C=O) groups excluding carboxylic acids is 3. The van der Waals surface area contributed by atoms with Gasteiger partial charge in [0, 0.05) is 37.3 Å². The number of H-pyrrole nitrogens is 1. The van der Waals surface area contributed by atoms with Crippen LogP contribution in [0.2, 0.25) is 0 Å². The van der Waals surface area contributed by atoms with E-state index >= 15 is 0 Å². The summed E-state index contributed by atoms with van der Waals surface area (Å²) in [5.74, 6) is -0.872. The minimum absolute atomic E-state index is 0.194. The number of nitrogens with zero attached hydrogens (tertiary/aromatic N) is 1. The van der Waals surface area contributed by atoms with Crippen molar-refractivity contribution in [2.75, 3.05) is 6.54 Å². The molecule has 152 valence electrons. The smallest absolute Gasteiger partial charge is 0.243 e. The van der Waals surface area contributed by atoms with Gasteiger partial charge in [-0.3, -0.25) is 14.4 Å². The van der Waals surface area contributed by atoms with Crippen LogP contribution in [0.5, 0.6) is 0 Å². The highest BCUT2D eigenvalue weighted by Crippen LogP contribution is 2.21. The Bertz CT molecular complexity index is 914. The van der Waals surface area contributed by atoms with Gasteiger partial charge in [0.25, 0.3) is 0 Å². The van der Waals surface area contributed by atoms with Crippen LogP contribution in [0.4, 0.5) is 0 Å². The summed E-state index contributed by atoms with van der Waals surface area (Å²) in [6.45, 7) is 2.46. The zero-order valence-corrected chi connectivity index (χ0v) is 16.5. The lowest BCUT2D eigenvalue weighted by Gasteiger charge is -2.23. The molecule has 4 N–H and O–H groups in total. The predicted octanol–water partition coefficient (Wildman–Crippen LogP) is 2.11. The van der Waals surface area contributed by atoms with Crippen LogP contribution in [0.3, 0.4) is 0 Å². The molecular weight excluding hydrogens is 368 g/mol. The van der Waals surface area contributed by atoms with E-state index in [1.165, 1.54) is 11.0 Å². The molecule has 1 aromatic heterocycles. The molecule has 0 unspecified atom stereocenters. The summed E-state index contributed by atoms with van der Waals surface area (Å²) in [4.78, 5) is 41.5. The van der Waals surface area contributed by atoms with Crippen LogP contribution < -0.4 is 11.1 Å². The molecule has 1 aliphatic heterocycles. The van der Waals surface area contributed by atoms with Crippen LogP contribution >= 0.6 is 0 Å². The SMILES string of the molecule is CC(N)=CC(=O)CC(=O)N1CCC[C@H]1C(=O)NCc1cccc(-c2cc[nH]c2)c1. The van der Waals surface area contributed by atoms with Crippen molar-refractivity contribution in [3.63, 3.8) is 0 Å². The molecule has 1 aliphatic rings. The molecule has 2 heterocycles. The number of allylic oxidation sites excluding steroid dienone is 2. The Labute approximate surface area is 170 Å². The van der Waals surface area contributed by atoms with Crippen molar-refractivity contribution in [2.45, 2.75) is 38.8 Å². The number of hydrogen-bond donors (Lipinski definition) is 3. The molecule has 0 saturated carbocycles. The summed E-state index contributed by atoms with van der Waals surface area (Å²) in [6.07, 6.45) is 6.11. The Balaban J connectivity index is 1.58. The maximum absolute atomic E-state index is 12.7. The zero-order chi connectivity index (χ0) is 20.8. The molecule has 29 heavy (non-hydrogen) atoms. The first-order valence-electron chi connectivity index (χ1n) is 9.70. The van der Waals surface area contributed by atoms with E-state index in [9.17, 15) is 14.4 Å². The Hall–Kier alpha value is -3.35. The summed E-state index contributed by atoms with van der Waals surface area (Å²) in [7, 11) is 0. The standard InChI is InChI=1S/C22H26N4O3/c1-15(23)10-19(27)12-21(28)26-9-3-6-20(26)22(29)25-13-16-4-2-5-17(11-16)18-7-8-24-14-18/h2,4-5,7-8,10-11,14,20,24H,3,6,9,12-13,23H2,1H3,(H,25,29)/t20-/m0/s1. The second-order valence-electron chi connectivity index (χ2n) is 7.29. The van der Waals surface area contributed by atoms with Gasteiger partial charge >= 0.3 is 0 Å². The highest BCUT2D eigenvalue weighted by atomic mass is 16.2. The van der Waals surface area contributed by atoms with Gasteiger partial charge in [-0.25, -0.2) is 0 Å². The lowest BCUT2D eigenvalue weighted by molar-refractivity contribution is -0.140. The Morgan fingerprint density at radius 3 is 2.83 bits per heavy atom. The lowest BCUT2D eigenvalue weighted by atomic mass is 10.1. The molecule has 7 nitrogen and oxygen atoms in total. The van der Waals surface area contributed by atoms with E-state index in [1.807, 2.05) is 42.7 Å². The van der Waals surface area contributed by atoms with E-state index in [0.29, 0.717) is 25.2 Å². The number of nitrogens with one attached hydrogen (secondary N) is 2. The van der Waals surface area contributed by atoms with Crippen molar-refractivity contribution in [1.82, 2.24) is 15.2 Å². The average molecular weight is 394 g/mol. The molecule has 1 fully saturated rings. The van der Waals surface area contributed by atoms with Crippen LogP contribution in [0.1, 0.15) is 31.7 Å². The summed E-state index contributed by atoms with van der Waals surface area (Å²) >= 11 is 0. The monoisotopic (exact) mass is 394 g/mol. The molecule has 0 aliphatic carbocycles. The van der Waals surface area contributed by atoms with Crippen LogP contribution in [0.15, 0.2) is 54.5 Å². The van der Waals surface area contributed by atoms with Crippen molar-refractivity contribution in [3.8, 4) is 11.1 Å². The highest BCUT2D eigenvalue weighted by molar-refractivity contribution is 6.05. The number of nitrogens with two attached hydrogens (primary N) is 1. The van der Waals surface area contributed by atoms with Crippen molar-refractivity contribution in [2.24, 2.45) is 5.73 Å². The highest BCUT2D eigenvalue weighted by Gasteiger charge is 2.34. The second kappa shape index (κ2) is 9.23. The molecule has 0 bridgehead atoms. The second-order valence-corrected chi connectivity index (χ2v) is 7.29. The number of amides is 2. The van der Waals surface area contributed by atoms with Gasteiger partial charge < -0.3 is 20.9 Å². The Morgan fingerprint density at radius 2 is 2.10 bits per heavy atom. The van der Waals surface area contributed by atoms with Crippen molar-refractivity contribution < 1.29 is 14.4 Å². The van der Waals surface area contributed by atoms with Gasteiger partial charge in [-0.05, 0) is 48.6 Å². The zero-order valence-electron chi connectivity index (χ0n) is 16.5. The quantitative estimate of drug-likeness (QED) is 0.494. The van der Waals surface area contributed by atoms with Gasteiger partial charge in [-0.1, -0.05) is 18.2 Å². The van der Waals surface area contributed by atoms with E-state index < -0.39 is 6.04 Å². The van der Waals surface area contributed by atoms with Crippen LogP contribution in [-0.2, 0) is 20.9 Å². The third-order valence-electron chi connectivity index (χ3n) is 4.91. The van der Waals surface area contributed by atoms with Crippen LogP contribution in [-0.4, -0.2) is 40.1 Å². The predicted molar refractivity (Wildman–Crippen MR) is 110 cm³/mol. The first-order chi connectivity index (χ1) is 13.9. The third kappa shape index (κ3) is 5.34. The van der Waals surface area contributed by atoms with E-state index in [-0.39, 0.29) is 24.0 Å². The largest absolute Gasteiger partial charge is 0.402 e. The minimum atomic E-state index is -0.536.